The average Bonchev–Trinajstić information content (AvgIpc) is 3.15. The Morgan fingerprint density at radius 2 is 1.22 bits per heavy atom. The third-order valence-electron chi connectivity index (χ3n) is 3.68. The molecule has 1 aliphatic carbocycles. The zero-order chi connectivity index (χ0) is 12.4. The number of rotatable bonds is 4. The van der Waals surface area contributed by atoms with E-state index in [-0.39, 0.29) is 0 Å². The summed E-state index contributed by atoms with van der Waals surface area (Å²) in [6.07, 6.45) is 0.347. The van der Waals surface area contributed by atoms with E-state index in [1.807, 2.05) is 0 Å². The molecule has 0 saturated heterocycles. The molecule has 0 amide bonds. The third kappa shape index (κ3) is 2.06. The molecule has 0 unspecified atom stereocenters. The molecule has 0 N–H and O–H groups in total. The highest BCUT2D eigenvalue weighted by Crippen LogP contribution is 2.56. The molecule has 0 aromatic heterocycles. The van der Waals surface area contributed by atoms with Gasteiger partial charge in [0.2, 0.25) is 0 Å². The van der Waals surface area contributed by atoms with Crippen LogP contribution in [-0.2, 0) is 4.74 Å². The molecule has 0 spiro atoms. The van der Waals surface area contributed by atoms with Gasteiger partial charge in [-0.3, -0.25) is 0 Å². The zero-order valence-corrected chi connectivity index (χ0v) is 10.6. The number of hydrogen-bond acceptors (Lipinski definition) is 1. The molecule has 1 aliphatic rings. The zero-order valence-electron chi connectivity index (χ0n) is 10.6. The Bertz CT molecular complexity index is 446. The fourth-order valence-corrected chi connectivity index (χ4v) is 2.83. The molecule has 3 rings (SSSR count). The van der Waals surface area contributed by atoms with Gasteiger partial charge in [0.25, 0.3) is 0 Å². The molecule has 1 nitrogen and oxygen atoms in total. The van der Waals surface area contributed by atoms with E-state index < -0.39 is 0 Å². The highest BCUT2D eigenvalue weighted by molar-refractivity contribution is 5.40. The third-order valence-corrected chi connectivity index (χ3v) is 3.68. The van der Waals surface area contributed by atoms with Gasteiger partial charge in [-0.1, -0.05) is 60.7 Å². The van der Waals surface area contributed by atoms with E-state index in [1.165, 1.54) is 11.1 Å². The number of benzene rings is 2. The molecule has 0 bridgehead atoms. The monoisotopic (exact) mass is 238 g/mol. The highest BCUT2D eigenvalue weighted by Gasteiger charge is 2.52. The molecule has 18 heavy (non-hydrogen) atoms. The van der Waals surface area contributed by atoms with E-state index in [1.54, 1.807) is 0 Å². The second kappa shape index (κ2) is 4.95. The Morgan fingerprint density at radius 3 is 1.61 bits per heavy atom. The summed E-state index contributed by atoms with van der Waals surface area (Å²) in [5, 5.41) is 0. The number of hydrogen-bond donors (Lipinski definition) is 0. The van der Waals surface area contributed by atoms with E-state index in [0.29, 0.717) is 17.9 Å². The predicted molar refractivity (Wildman–Crippen MR) is 73.8 cm³/mol. The lowest BCUT2D eigenvalue weighted by molar-refractivity contribution is 0.124. The van der Waals surface area contributed by atoms with Gasteiger partial charge in [-0.2, -0.15) is 0 Å². The Labute approximate surface area is 108 Å². The quantitative estimate of drug-likeness (QED) is 0.783. The minimum absolute atomic E-state index is 0.347. The van der Waals surface area contributed by atoms with Crippen molar-refractivity contribution in [2.24, 2.45) is 0 Å². The van der Waals surface area contributed by atoms with Crippen LogP contribution in [-0.4, -0.2) is 12.7 Å². The minimum Gasteiger partial charge on any atom is -0.377 e. The first kappa shape index (κ1) is 11.5. The molecule has 2 aromatic rings. The summed E-state index contributed by atoms with van der Waals surface area (Å²) in [5.74, 6) is 1.04. The lowest BCUT2D eigenvalue weighted by atomic mass is 10.0. The molecule has 0 radical (unpaired) electrons. The van der Waals surface area contributed by atoms with Gasteiger partial charge in [0.1, 0.15) is 0 Å². The van der Waals surface area contributed by atoms with Gasteiger partial charge in [0.15, 0.2) is 0 Å². The fraction of sp³-hybridized carbons (Fsp3) is 0.294. The first-order valence-electron chi connectivity index (χ1n) is 6.63. The van der Waals surface area contributed by atoms with Gasteiger partial charge in [0, 0.05) is 18.4 Å². The van der Waals surface area contributed by atoms with Crippen LogP contribution in [0.3, 0.4) is 0 Å². The first-order chi connectivity index (χ1) is 8.92. The summed E-state index contributed by atoms with van der Waals surface area (Å²) < 4.78 is 5.89. The summed E-state index contributed by atoms with van der Waals surface area (Å²) in [7, 11) is 0. The van der Waals surface area contributed by atoms with Crippen LogP contribution in [0.5, 0.6) is 0 Å². The van der Waals surface area contributed by atoms with Gasteiger partial charge in [-0.15, -0.1) is 0 Å². The van der Waals surface area contributed by atoms with Crippen LogP contribution >= 0.6 is 0 Å². The molecule has 1 heteroatoms. The maximum Gasteiger partial charge on any atom is 0.0725 e. The maximum absolute atomic E-state index is 5.89. The molecule has 1 saturated carbocycles. The van der Waals surface area contributed by atoms with Crippen molar-refractivity contribution in [2.45, 2.75) is 24.9 Å². The molecule has 0 heterocycles. The van der Waals surface area contributed by atoms with Crippen molar-refractivity contribution in [3.05, 3.63) is 71.8 Å². The summed E-state index contributed by atoms with van der Waals surface area (Å²) >= 11 is 0. The van der Waals surface area contributed by atoms with Crippen LogP contribution in [0.1, 0.15) is 29.9 Å². The van der Waals surface area contributed by atoms with Crippen LogP contribution in [0.2, 0.25) is 0 Å². The van der Waals surface area contributed by atoms with E-state index in [2.05, 4.69) is 67.6 Å². The van der Waals surface area contributed by atoms with Crippen molar-refractivity contribution in [3.63, 3.8) is 0 Å². The van der Waals surface area contributed by atoms with Gasteiger partial charge in [-0.05, 0) is 18.1 Å². The minimum atomic E-state index is 0.347. The van der Waals surface area contributed by atoms with Crippen LogP contribution in [0.15, 0.2) is 60.7 Å². The van der Waals surface area contributed by atoms with E-state index in [9.17, 15) is 0 Å². The summed E-state index contributed by atoms with van der Waals surface area (Å²) in [5.41, 5.74) is 2.79. The van der Waals surface area contributed by atoms with Crippen LogP contribution in [0, 0.1) is 0 Å². The van der Waals surface area contributed by atoms with Crippen molar-refractivity contribution >= 4 is 0 Å². The molecule has 92 valence electrons. The fourth-order valence-electron chi connectivity index (χ4n) is 2.83. The lowest BCUT2D eigenvalue weighted by Crippen LogP contribution is -1.96. The highest BCUT2D eigenvalue weighted by atomic mass is 16.5. The average molecular weight is 238 g/mol. The van der Waals surface area contributed by atoms with Crippen molar-refractivity contribution in [2.75, 3.05) is 6.61 Å². The lowest BCUT2D eigenvalue weighted by Gasteiger charge is -1.99. The van der Waals surface area contributed by atoms with Gasteiger partial charge >= 0.3 is 0 Å². The smallest absolute Gasteiger partial charge is 0.0725 e. The largest absolute Gasteiger partial charge is 0.377 e. The van der Waals surface area contributed by atoms with Crippen molar-refractivity contribution < 1.29 is 4.74 Å². The van der Waals surface area contributed by atoms with Crippen LogP contribution in [0.4, 0.5) is 0 Å². The molecule has 2 atom stereocenters. The van der Waals surface area contributed by atoms with Gasteiger partial charge < -0.3 is 4.74 Å². The Hall–Kier alpha value is -1.60. The van der Waals surface area contributed by atoms with Crippen molar-refractivity contribution in [1.29, 1.82) is 0 Å². The van der Waals surface area contributed by atoms with Crippen LogP contribution < -0.4 is 0 Å². The normalized spacial score (nSPS) is 25.9. The van der Waals surface area contributed by atoms with E-state index >= 15 is 0 Å². The second-order valence-electron chi connectivity index (χ2n) is 4.79. The first-order valence-corrected chi connectivity index (χ1v) is 6.63. The predicted octanol–water partition coefficient (Wildman–Crippen LogP) is 3.97. The Kier molecular flexibility index (Phi) is 3.16. The topological polar surface area (TPSA) is 9.23 Å². The summed E-state index contributed by atoms with van der Waals surface area (Å²) in [6, 6.07) is 21.4. The molecule has 1 fully saturated rings. The van der Waals surface area contributed by atoms with Crippen LogP contribution in [0.25, 0.3) is 0 Å². The Balaban J connectivity index is 1.86. The number of ether oxygens (including phenoxy) is 1. The Morgan fingerprint density at radius 1 is 0.778 bits per heavy atom. The maximum atomic E-state index is 5.89. The van der Waals surface area contributed by atoms with E-state index in [0.717, 1.165) is 6.61 Å². The van der Waals surface area contributed by atoms with Gasteiger partial charge in [-0.25, -0.2) is 0 Å². The van der Waals surface area contributed by atoms with Crippen molar-refractivity contribution in [1.82, 2.24) is 0 Å². The SMILES string of the molecule is CCOC1[C@H](c2ccccc2)[C@H]1c1ccccc1. The standard InChI is InChI=1S/C17H18O/c1-2-18-17-15(13-9-5-3-6-10-13)16(17)14-11-7-4-8-12-14/h3-12,15-17H,2H2,1H3/t15-,16-/m1/s1. The van der Waals surface area contributed by atoms with E-state index in [4.69, 9.17) is 4.74 Å². The molecular formula is C17H18O. The second-order valence-corrected chi connectivity index (χ2v) is 4.79. The molecule has 2 aromatic carbocycles. The molecule has 0 aliphatic heterocycles. The van der Waals surface area contributed by atoms with Gasteiger partial charge in [0.05, 0.1) is 6.10 Å². The molecular weight excluding hydrogens is 220 g/mol. The van der Waals surface area contributed by atoms with Crippen molar-refractivity contribution in [3.8, 4) is 0 Å². The summed E-state index contributed by atoms with van der Waals surface area (Å²) in [4.78, 5) is 0. The summed E-state index contributed by atoms with van der Waals surface area (Å²) in [6.45, 7) is 2.86.